The van der Waals surface area contributed by atoms with Crippen LogP contribution in [0.1, 0.15) is 90.5 Å². The third-order valence-corrected chi connectivity index (χ3v) is 8.11. The first-order valence-corrected chi connectivity index (χ1v) is 16.6. The van der Waals surface area contributed by atoms with Gasteiger partial charge in [-0.3, -0.25) is 24.0 Å². The largest absolute Gasteiger partial charge is 0.353 e. The highest BCUT2D eigenvalue weighted by molar-refractivity contribution is 5.98. The van der Waals surface area contributed by atoms with Gasteiger partial charge >= 0.3 is 0 Å². The van der Waals surface area contributed by atoms with Crippen molar-refractivity contribution in [2.75, 3.05) is 37.5 Å². The van der Waals surface area contributed by atoms with Gasteiger partial charge in [-0.05, 0) is 51.3 Å². The fourth-order valence-electron chi connectivity index (χ4n) is 5.38. The number of hydrogen-bond donors (Lipinski definition) is 0. The van der Waals surface area contributed by atoms with E-state index in [-0.39, 0.29) is 34.0 Å². The summed E-state index contributed by atoms with van der Waals surface area (Å²) in [7, 11) is 9.40. The Balaban J connectivity index is 0.000000360. The molecular weight excluding hydrogens is 602 g/mol. The molecule has 0 saturated heterocycles. The fourth-order valence-corrected chi connectivity index (χ4v) is 5.38. The predicted octanol–water partition coefficient (Wildman–Crippen LogP) is 6.83. The number of pyridine rings is 1. The minimum absolute atomic E-state index is 0.103. The molecule has 3 heterocycles. The first-order valence-electron chi connectivity index (χ1n) is 16.6. The summed E-state index contributed by atoms with van der Waals surface area (Å²) in [4.78, 5) is 45.6. The topological polar surface area (TPSA) is 96.6 Å². The maximum Gasteiger partial charge on any atom is 0.232 e. The zero-order chi connectivity index (χ0) is 37.5. The molecule has 10 nitrogen and oxygen atoms in total. The average Bonchev–Trinajstić information content (AvgIpc) is 3.39. The smallest absolute Gasteiger partial charge is 0.232 e. The highest BCUT2D eigenvalue weighted by Crippen LogP contribution is 2.29. The number of amides is 3. The van der Waals surface area contributed by atoms with Crippen LogP contribution in [0.15, 0.2) is 30.7 Å². The Morgan fingerprint density at radius 2 is 1.21 bits per heavy atom. The van der Waals surface area contributed by atoms with Gasteiger partial charge in [-0.25, -0.2) is 0 Å². The van der Waals surface area contributed by atoms with Crippen LogP contribution in [0, 0.1) is 43.9 Å². The zero-order valence-corrected chi connectivity index (χ0v) is 33.2. The lowest BCUT2D eigenvalue weighted by Gasteiger charge is -2.26. The summed E-state index contributed by atoms with van der Waals surface area (Å²) in [5.74, 6) is 0.424. The fraction of sp³-hybridized carbons (Fsp3) is 0.605. The molecule has 0 N–H and O–H groups in total. The zero-order valence-electron chi connectivity index (χ0n) is 33.2. The lowest BCUT2D eigenvalue weighted by atomic mass is 9.94. The number of carbonyl (C=O) groups excluding carboxylic acids is 3. The molecule has 3 rings (SSSR count). The molecule has 3 aromatic heterocycles. The van der Waals surface area contributed by atoms with Crippen LogP contribution in [0.5, 0.6) is 0 Å². The monoisotopic (exact) mass is 665 g/mol. The van der Waals surface area contributed by atoms with E-state index in [4.69, 9.17) is 0 Å². The molecule has 0 bridgehead atoms. The second-order valence-electron chi connectivity index (χ2n) is 15.8. The predicted molar refractivity (Wildman–Crippen MR) is 198 cm³/mol. The molecule has 0 atom stereocenters. The molecule has 0 unspecified atom stereocenters. The summed E-state index contributed by atoms with van der Waals surface area (Å²) >= 11 is 0. The molecule has 0 aromatic carbocycles. The van der Waals surface area contributed by atoms with Crippen molar-refractivity contribution in [3.05, 3.63) is 58.9 Å². The number of carbonyl (C=O) groups is 3. The van der Waals surface area contributed by atoms with Crippen LogP contribution in [0.25, 0.3) is 0 Å². The summed E-state index contributed by atoms with van der Waals surface area (Å²) < 4.78 is 3.86. The highest BCUT2D eigenvalue weighted by Gasteiger charge is 2.29. The standard InChI is InChI=1S/C13H22N2O.C13H20N2O.C12H21N3O/c1-9-8-14(6)10(2)11(9)15(7)12(16)13(3,4)5;1-13(2,3)12(16)15(4)9-7-11-6-5-8-14-10-11;1-8-10(9(2)15(7)13-8)14(6)11(16)12(3,4)5/h8H,1-7H3;5-6,8,10H,7,9H2,1-4H3;1-7H3. The molecule has 0 aliphatic rings. The summed E-state index contributed by atoms with van der Waals surface area (Å²) in [6.07, 6.45) is 6.51. The SMILES string of the molecule is CN(CCc1cccnc1)C(=O)C(C)(C)C.Cc1cn(C)c(C)c1N(C)C(=O)C(C)(C)C.Cc1nn(C)c(C)c1N(C)C(=O)C(C)(C)C. The van der Waals surface area contributed by atoms with E-state index in [1.807, 2.05) is 144 Å². The number of rotatable bonds is 5. The van der Waals surface area contributed by atoms with E-state index < -0.39 is 0 Å². The van der Waals surface area contributed by atoms with Crippen LogP contribution in [-0.2, 0) is 34.9 Å². The Morgan fingerprint density at radius 3 is 1.56 bits per heavy atom. The van der Waals surface area contributed by atoms with E-state index in [0.29, 0.717) is 0 Å². The van der Waals surface area contributed by atoms with E-state index in [0.717, 1.165) is 52.5 Å². The number of aromatic nitrogens is 4. The Hall–Kier alpha value is -3.95. The van der Waals surface area contributed by atoms with Crippen LogP contribution in [-0.4, -0.2) is 69.6 Å². The van der Waals surface area contributed by atoms with E-state index in [1.165, 1.54) is 0 Å². The Morgan fingerprint density at radius 1 is 0.729 bits per heavy atom. The van der Waals surface area contributed by atoms with Crippen LogP contribution in [0.3, 0.4) is 0 Å². The molecule has 0 spiro atoms. The van der Waals surface area contributed by atoms with Crippen molar-refractivity contribution in [2.45, 2.75) is 96.4 Å². The molecule has 0 radical (unpaired) electrons. The second-order valence-corrected chi connectivity index (χ2v) is 15.8. The molecular formula is C38H63N7O3. The first kappa shape index (κ1) is 42.1. The Bertz CT molecular complexity index is 1450. The van der Waals surface area contributed by atoms with E-state index in [1.54, 1.807) is 25.6 Å². The van der Waals surface area contributed by atoms with Gasteiger partial charge in [0.1, 0.15) is 0 Å². The Kier molecular flexibility index (Phi) is 14.4. The van der Waals surface area contributed by atoms with Gasteiger partial charge in [-0.1, -0.05) is 68.4 Å². The minimum atomic E-state index is -0.372. The van der Waals surface area contributed by atoms with Gasteiger partial charge in [0.25, 0.3) is 0 Å². The maximum absolute atomic E-state index is 12.2. The van der Waals surface area contributed by atoms with Crippen LogP contribution >= 0.6 is 0 Å². The van der Waals surface area contributed by atoms with Crippen molar-refractivity contribution in [3.63, 3.8) is 0 Å². The lowest BCUT2D eigenvalue weighted by Crippen LogP contribution is -2.37. The molecule has 48 heavy (non-hydrogen) atoms. The summed E-state index contributed by atoms with van der Waals surface area (Å²) in [6, 6.07) is 3.95. The molecule has 268 valence electrons. The summed E-state index contributed by atoms with van der Waals surface area (Å²) in [5, 5.41) is 4.32. The number of nitrogens with zero attached hydrogens (tertiary/aromatic N) is 7. The molecule has 0 aliphatic carbocycles. The van der Waals surface area contributed by atoms with E-state index >= 15 is 0 Å². The van der Waals surface area contributed by atoms with Gasteiger partial charge in [0.2, 0.25) is 17.7 Å². The van der Waals surface area contributed by atoms with Crippen molar-refractivity contribution in [1.29, 1.82) is 0 Å². The van der Waals surface area contributed by atoms with Gasteiger partial charge in [0.15, 0.2) is 0 Å². The summed E-state index contributed by atoms with van der Waals surface area (Å²) in [5.41, 5.74) is 6.26. The van der Waals surface area contributed by atoms with Crippen LogP contribution < -0.4 is 9.80 Å². The third-order valence-electron chi connectivity index (χ3n) is 8.11. The van der Waals surface area contributed by atoms with Crippen molar-refractivity contribution in [2.24, 2.45) is 30.3 Å². The van der Waals surface area contributed by atoms with Gasteiger partial charge < -0.3 is 19.3 Å². The maximum atomic E-state index is 12.2. The van der Waals surface area contributed by atoms with Gasteiger partial charge in [-0.2, -0.15) is 5.10 Å². The molecule has 0 fully saturated rings. The average molecular weight is 666 g/mol. The number of hydrogen-bond acceptors (Lipinski definition) is 5. The quantitative estimate of drug-likeness (QED) is 0.298. The van der Waals surface area contributed by atoms with Crippen molar-refractivity contribution in [3.8, 4) is 0 Å². The van der Waals surface area contributed by atoms with Crippen LogP contribution in [0.2, 0.25) is 0 Å². The van der Waals surface area contributed by atoms with Crippen molar-refractivity contribution >= 4 is 29.1 Å². The summed E-state index contributed by atoms with van der Waals surface area (Å²) in [6.45, 7) is 26.1. The van der Waals surface area contributed by atoms with Gasteiger partial charge in [0, 0.05) is 82.3 Å². The van der Waals surface area contributed by atoms with E-state index in [9.17, 15) is 14.4 Å². The highest BCUT2D eigenvalue weighted by atomic mass is 16.2. The normalized spacial score (nSPS) is 11.5. The van der Waals surface area contributed by atoms with Crippen LogP contribution in [0.4, 0.5) is 11.4 Å². The lowest BCUT2D eigenvalue weighted by molar-refractivity contribution is -0.138. The van der Waals surface area contributed by atoms with E-state index in [2.05, 4.69) is 20.8 Å². The number of likely N-dealkylation sites (N-methyl/N-ethyl adjacent to an activating group) is 1. The molecule has 10 heteroatoms. The molecule has 3 amide bonds. The molecule has 0 aliphatic heterocycles. The van der Waals surface area contributed by atoms with Crippen molar-refractivity contribution in [1.82, 2.24) is 24.2 Å². The third kappa shape index (κ3) is 11.3. The number of aryl methyl sites for hydroxylation is 4. The minimum Gasteiger partial charge on any atom is -0.353 e. The first-order chi connectivity index (χ1) is 21.7. The van der Waals surface area contributed by atoms with Crippen molar-refractivity contribution < 1.29 is 14.4 Å². The Labute approximate surface area is 290 Å². The number of anilines is 2. The second kappa shape index (κ2) is 16.4. The van der Waals surface area contributed by atoms with Gasteiger partial charge in [-0.15, -0.1) is 0 Å². The molecule has 3 aromatic rings. The molecule has 0 saturated carbocycles. The van der Waals surface area contributed by atoms with Gasteiger partial charge in [0.05, 0.1) is 22.8 Å².